The smallest absolute Gasteiger partial charge is 0.234 e. The van der Waals surface area contributed by atoms with Gasteiger partial charge in [-0.25, -0.2) is 0 Å². The van der Waals surface area contributed by atoms with Crippen LogP contribution in [0.4, 0.5) is 0 Å². The third-order valence-corrected chi connectivity index (χ3v) is 1.50. The Hall–Kier alpha value is -1.55. The van der Waals surface area contributed by atoms with Gasteiger partial charge < -0.3 is 16.6 Å². The minimum atomic E-state index is -0.622. The predicted molar refractivity (Wildman–Crippen MR) is 56.5 cm³/mol. The molecule has 0 aliphatic rings. The van der Waals surface area contributed by atoms with Crippen molar-refractivity contribution in [2.45, 2.75) is 18.9 Å². The quantitative estimate of drug-likeness (QED) is 0.333. The molecule has 14 heavy (non-hydrogen) atoms. The van der Waals surface area contributed by atoms with Gasteiger partial charge in [-0.3, -0.25) is 4.79 Å². The number of hydrogen-bond acceptors (Lipinski definition) is 3. The molecule has 0 aliphatic heterocycles. The van der Waals surface area contributed by atoms with Crippen LogP contribution in [-0.2, 0) is 4.79 Å². The van der Waals surface area contributed by atoms with E-state index in [1.807, 2.05) is 6.08 Å². The Bertz CT molecular complexity index is 257. The normalized spacial score (nSPS) is 13.5. The van der Waals surface area contributed by atoms with Crippen LogP contribution in [0.15, 0.2) is 36.6 Å². The van der Waals surface area contributed by atoms with Crippen molar-refractivity contribution in [2.75, 3.05) is 0 Å². The Morgan fingerprint density at radius 2 is 2.07 bits per heavy atom. The van der Waals surface area contributed by atoms with Gasteiger partial charge in [0.15, 0.2) is 0 Å². The number of hydrogen-bond donors (Lipinski definition) is 3. The Labute approximate surface area is 83.6 Å². The molecule has 78 valence electrons. The summed E-state index contributed by atoms with van der Waals surface area (Å²) < 4.78 is 0. The highest BCUT2D eigenvalue weighted by Gasteiger charge is 2.04. The molecular weight excluding hydrogens is 180 g/mol. The average Bonchev–Trinajstić information content (AvgIpc) is 2.09. The number of allylic oxidation sites excluding steroid dienone is 3. The molecule has 1 amide bonds. The highest BCUT2D eigenvalue weighted by molar-refractivity contribution is 5.79. The molecule has 1 atom stereocenters. The topological polar surface area (TPSA) is 89.3 Å². The van der Waals surface area contributed by atoms with E-state index in [1.165, 1.54) is 6.08 Å². The number of aliphatic hydroxyl groups excluding tert-OH is 1. The zero-order valence-corrected chi connectivity index (χ0v) is 8.02. The van der Waals surface area contributed by atoms with E-state index in [4.69, 9.17) is 16.6 Å². The van der Waals surface area contributed by atoms with Crippen LogP contribution in [0, 0.1) is 0 Å². The first-order valence-corrected chi connectivity index (χ1v) is 4.28. The maximum absolute atomic E-state index is 10.5. The van der Waals surface area contributed by atoms with Gasteiger partial charge in [0.25, 0.3) is 0 Å². The number of rotatable bonds is 6. The molecule has 0 fully saturated rings. The van der Waals surface area contributed by atoms with Gasteiger partial charge in [0.05, 0.1) is 6.04 Å². The standard InChI is InChI=1S/C10H16N2O2/c1-8(13)6-4-2-3-5-7-9(11)10(12)14/h3-6,9,13H,1-2,7,11H2,(H2,12,14)/b5-3+,6-4-/t9-/m0/s1. The molecule has 0 aliphatic carbocycles. The molecule has 5 N–H and O–H groups in total. The lowest BCUT2D eigenvalue weighted by molar-refractivity contribution is -0.119. The maximum Gasteiger partial charge on any atom is 0.234 e. The lowest BCUT2D eigenvalue weighted by Crippen LogP contribution is -2.35. The van der Waals surface area contributed by atoms with Crippen LogP contribution in [0.25, 0.3) is 0 Å². The molecule has 0 spiro atoms. The number of aliphatic hydroxyl groups is 1. The second-order valence-corrected chi connectivity index (χ2v) is 2.85. The van der Waals surface area contributed by atoms with Crippen LogP contribution in [-0.4, -0.2) is 17.1 Å². The number of primary amides is 1. The van der Waals surface area contributed by atoms with Crippen molar-refractivity contribution in [2.24, 2.45) is 11.5 Å². The highest BCUT2D eigenvalue weighted by atomic mass is 16.3. The molecule has 0 saturated heterocycles. The van der Waals surface area contributed by atoms with Gasteiger partial charge in [0, 0.05) is 0 Å². The fourth-order valence-corrected chi connectivity index (χ4v) is 0.738. The third kappa shape index (κ3) is 7.12. The Morgan fingerprint density at radius 1 is 1.43 bits per heavy atom. The first kappa shape index (κ1) is 12.4. The fraction of sp³-hybridized carbons (Fsp3) is 0.300. The summed E-state index contributed by atoms with van der Waals surface area (Å²) in [6.45, 7) is 3.29. The van der Waals surface area contributed by atoms with Gasteiger partial charge in [0.1, 0.15) is 5.76 Å². The van der Waals surface area contributed by atoms with Crippen molar-refractivity contribution in [3.63, 3.8) is 0 Å². The summed E-state index contributed by atoms with van der Waals surface area (Å²) in [5.41, 5.74) is 10.3. The molecule has 4 heteroatoms. The summed E-state index contributed by atoms with van der Waals surface area (Å²) in [5, 5.41) is 8.68. The van der Waals surface area contributed by atoms with E-state index < -0.39 is 11.9 Å². The molecule has 0 rings (SSSR count). The monoisotopic (exact) mass is 196 g/mol. The zero-order valence-electron chi connectivity index (χ0n) is 8.02. The van der Waals surface area contributed by atoms with Gasteiger partial charge >= 0.3 is 0 Å². The van der Waals surface area contributed by atoms with Crippen molar-refractivity contribution < 1.29 is 9.90 Å². The number of nitrogens with two attached hydrogens (primary N) is 2. The second kappa shape index (κ2) is 6.91. The van der Waals surface area contributed by atoms with Gasteiger partial charge in [0.2, 0.25) is 5.91 Å². The molecule has 0 unspecified atom stereocenters. The summed E-state index contributed by atoms with van der Waals surface area (Å²) in [6, 6.07) is -0.622. The van der Waals surface area contributed by atoms with E-state index in [0.29, 0.717) is 12.8 Å². The van der Waals surface area contributed by atoms with Gasteiger partial charge in [-0.1, -0.05) is 24.8 Å². The van der Waals surface area contributed by atoms with Crippen LogP contribution >= 0.6 is 0 Å². The van der Waals surface area contributed by atoms with E-state index in [-0.39, 0.29) is 5.76 Å². The molecule has 0 heterocycles. The Kier molecular flexibility index (Phi) is 6.15. The summed E-state index contributed by atoms with van der Waals surface area (Å²) in [6.07, 6.45) is 7.95. The summed E-state index contributed by atoms with van der Waals surface area (Å²) in [7, 11) is 0. The second-order valence-electron chi connectivity index (χ2n) is 2.85. The minimum Gasteiger partial charge on any atom is -0.509 e. The number of amides is 1. The summed E-state index contributed by atoms with van der Waals surface area (Å²) in [4.78, 5) is 10.5. The predicted octanol–water partition coefficient (Wildman–Crippen LogP) is 0.763. The van der Waals surface area contributed by atoms with Gasteiger partial charge in [-0.2, -0.15) is 0 Å². The highest BCUT2D eigenvalue weighted by Crippen LogP contribution is 1.94. The average molecular weight is 196 g/mol. The van der Waals surface area contributed by atoms with E-state index in [1.54, 1.807) is 12.2 Å². The van der Waals surface area contributed by atoms with Crippen molar-refractivity contribution in [3.8, 4) is 0 Å². The fourth-order valence-electron chi connectivity index (χ4n) is 0.738. The first-order valence-electron chi connectivity index (χ1n) is 4.28. The molecule has 0 saturated carbocycles. The van der Waals surface area contributed by atoms with Crippen LogP contribution in [0.1, 0.15) is 12.8 Å². The van der Waals surface area contributed by atoms with Crippen LogP contribution in [0.5, 0.6) is 0 Å². The summed E-state index contributed by atoms with van der Waals surface area (Å²) >= 11 is 0. The van der Waals surface area contributed by atoms with Gasteiger partial charge in [-0.05, 0) is 18.9 Å². The van der Waals surface area contributed by atoms with Crippen molar-refractivity contribution in [3.05, 3.63) is 36.6 Å². The van der Waals surface area contributed by atoms with Crippen molar-refractivity contribution in [1.29, 1.82) is 0 Å². The van der Waals surface area contributed by atoms with E-state index >= 15 is 0 Å². The minimum absolute atomic E-state index is 0.0206. The van der Waals surface area contributed by atoms with E-state index in [0.717, 1.165) is 0 Å². The lowest BCUT2D eigenvalue weighted by Gasteiger charge is -2.01. The molecule has 0 aromatic heterocycles. The largest absolute Gasteiger partial charge is 0.509 e. The number of carbonyl (C=O) groups excluding carboxylic acids is 1. The third-order valence-electron chi connectivity index (χ3n) is 1.50. The SMILES string of the molecule is C=C(O)/C=C\C/C=C/C[C@H](N)C(N)=O. The van der Waals surface area contributed by atoms with E-state index in [9.17, 15) is 4.79 Å². The molecule has 0 bridgehead atoms. The van der Waals surface area contributed by atoms with Gasteiger partial charge in [-0.15, -0.1) is 0 Å². The molecule has 4 nitrogen and oxygen atoms in total. The van der Waals surface area contributed by atoms with Crippen LogP contribution in [0.2, 0.25) is 0 Å². The molecule has 0 radical (unpaired) electrons. The molecule has 0 aromatic carbocycles. The molecular formula is C10H16N2O2. The van der Waals surface area contributed by atoms with Crippen LogP contribution < -0.4 is 11.5 Å². The van der Waals surface area contributed by atoms with Crippen molar-refractivity contribution in [1.82, 2.24) is 0 Å². The Balaban J connectivity index is 3.64. The van der Waals surface area contributed by atoms with Crippen molar-refractivity contribution >= 4 is 5.91 Å². The number of carbonyl (C=O) groups is 1. The van der Waals surface area contributed by atoms with E-state index in [2.05, 4.69) is 6.58 Å². The Morgan fingerprint density at radius 3 is 2.57 bits per heavy atom. The van der Waals surface area contributed by atoms with Crippen LogP contribution in [0.3, 0.4) is 0 Å². The maximum atomic E-state index is 10.5. The zero-order chi connectivity index (χ0) is 11.0. The summed E-state index contributed by atoms with van der Waals surface area (Å²) in [5.74, 6) is -0.485. The molecule has 0 aromatic rings. The lowest BCUT2D eigenvalue weighted by atomic mass is 10.2. The first-order chi connectivity index (χ1) is 6.54.